The normalized spacial score (nSPS) is 28.4. The van der Waals surface area contributed by atoms with E-state index in [0.29, 0.717) is 12.1 Å². The van der Waals surface area contributed by atoms with Gasteiger partial charge in [-0.2, -0.15) is 0 Å². The lowest BCUT2D eigenvalue weighted by Crippen LogP contribution is -2.33. The molecular weight excluding hydrogens is 240 g/mol. The monoisotopic (exact) mass is 260 g/mol. The van der Waals surface area contributed by atoms with Gasteiger partial charge in [0.1, 0.15) is 0 Å². The highest BCUT2D eigenvalue weighted by Crippen LogP contribution is 2.34. The third-order valence-corrected chi connectivity index (χ3v) is 4.17. The average Bonchev–Trinajstić information content (AvgIpc) is 3.01. The molecular formula is C14H20N4O. The highest BCUT2D eigenvalue weighted by molar-refractivity contribution is 5.96. The lowest BCUT2D eigenvalue weighted by Gasteiger charge is -2.22. The predicted molar refractivity (Wildman–Crippen MR) is 75.2 cm³/mol. The van der Waals surface area contributed by atoms with E-state index in [1.807, 2.05) is 25.1 Å². The molecule has 0 saturated carbocycles. The molecule has 1 aromatic heterocycles. The number of nitrogens with one attached hydrogen (secondary N) is 2. The SMILES string of the molecule is CN(C)c1ccncc1NC(=O)C1CC2CCC1N2. The number of rotatable bonds is 3. The van der Waals surface area contributed by atoms with Gasteiger partial charge in [0.15, 0.2) is 0 Å². The van der Waals surface area contributed by atoms with Crippen molar-refractivity contribution < 1.29 is 4.79 Å². The quantitative estimate of drug-likeness (QED) is 0.858. The molecule has 2 aliphatic heterocycles. The van der Waals surface area contributed by atoms with Crippen molar-refractivity contribution in [2.75, 3.05) is 24.3 Å². The Balaban J connectivity index is 1.73. The van der Waals surface area contributed by atoms with Crippen molar-refractivity contribution in [3.8, 4) is 0 Å². The van der Waals surface area contributed by atoms with E-state index in [4.69, 9.17) is 0 Å². The number of aromatic nitrogens is 1. The van der Waals surface area contributed by atoms with Crippen LogP contribution in [0.5, 0.6) is 0 Å². The van der Waals surface area contributed by atoms with E-state index in [1.54, 1.807) is 12.4 Å². The minimum absolute atomic E-state index is 0.106. The molecule has 2 N–H and O–H groups in total. The molecule has 2 aliphatic rings. The number of carbonyl (C=O) groups is 1. The maximum atomic E-state index is 12.4. The van der Waals surface area contributed by atoms with Crippen LogP contribution < -0.4 is 15.5 Å². The predicted octanol–water partition coefficient (Wildman–Crippen LogP) is 1.23. The van der Waals surface area contributed by atoms with Crippen molar-refractivity contribution in [3.05, 3.63) is 18.5 Å². The molecule has 1 aromatic rings. The molecule has 1 amide bonds. The van der Waals surface area contributed by atoms with Gasteiger partial charge in [-0.25, -0.2) is 0 Å². The summed E-state index contributed by atoms with van der Waals surface area (Å²) in [6.07, 6.45) is 6.76. The maximum absolute atomic E-state index is 12.4. The van der Waals surface area contributed by atoms with Crippen LogP contribution in [0.3, 0.4) is 0 Å². The molecule has 2 bridgehead atoms. The summed E-state index contributed by atoms with van der Waals surface area (Å²) in [7, 11) is 3.92. The van der Waals surface area contributed by atoms with Gasteiger partial charge < -0.3 is 15.5 Å². The van der Waals surface area contributed by atoms with Crippen molar-refractivity contribution in [2.45, 2.75) is 31.3 Å². The van der Waals surface area contributed by atoms with E-state index >= 15 is 0 Å². The second-order valence-corrected chi connectivity index (χ2v) is 5.67. The van der Waals surface area contributed by atoms with Gasteiger partial charge >= 0.3 is 0 Å². The van der Waals surface area contributed by atoms with Gasteiger partial charge in [-0.15, -0.1) is 0 Å². The Bertz CT molecular complexity index is 488. The molecule has 2 fully saturated rings. The topological polar surface area (TPSA) is 57.3 Å². The Labute approximate surface area is 113 Å². The first kappa shape index (κ1) is 12.4. The third-order valence-electron chi connectivity index (χ3n) is 4.17. The van der Waals surface area contributed by atoms with Gasteiger partial charge in [-0.1, -0.05) is 0 Å². The first-order valence-corrected chi connectivity index (χ1v) is 6.83. The summed E-state index contributed by atoms with van der Waals surface area (Å²) in [5.74, 6) is 0.227. The maximum Gasteiger partial charge on any atom is 0.229 e. The molecule has 0 spiro atoms. The number of hydrogen-bond donors (Lipinski definition) is 2. The van der Waals surface area contributed by atoms with E-state index in [-0.39, 0.29) is 11.8 Å². The van der Waals surface area contributed by atoms with Crippen molar-refractivity contribution in [2.24, 2.45) is 5.92 Å². The molecule has 3 atom stereocenters. The van der Waals surface area contributed by atoms with Crippen molar-refractivity contribution in [3.63, 3.8) is 0 Å². The van der Waals surface area contributed by atoms with Gasteiger partial charge in [0.25, 0.3) is 0 Å². The third kappa shape index (κ3) is 2.30. The first-order valence-electron chi connectivity index (χ1n) is 6.83. The fourth-order valence-corrected chi connectivity index (χ4v) is 3.21. The van der Waals surface area contributed by atoms with Gasteiger partial charge in [0.05, 0.1) is 23.5 Å². The number of fused-ring (bicyclic) bond motifs is 2. The molecule has 2 saturated heterocycles. The number of hydrogen-bond acceptors (Lipinski definition) is 4. The number of amides is 1. The smallest absolute Gasteiger partial charge is 0.229 e. The summed E-state index contributed by atoms with van der Waals surface area (Å²) in [5, 5.41) is 6.53. The van der Waals surface area contributed by atoms with Gasteiger partial charge in [-0.3, -0.25) is 9.78 Å². The number of carbonyl (C=O) groups excluding carboxylic acids is 1. The van der Waals surface area contributed by atoms with Crippen LogP contribution in [-0.4, -0.2) is 37.1 Å². The largest absolute Gasteiger partial charge is 0.376 e. The number of pyridine rings is 1. The Kier molecular flexibility index (Phi) is 3.14. The van der Waals surface area contributed by atoms with E-state index in [1.165, 1.54) is 6.42 Å². The molecule has 5 nitrogen and oxygen atoms in total. The van der Waals surface area contributed by atoms with E-state index in [2.05, 4.69) is 15.6 Å². The Morgan fingerprint density at radius 1 is 1.47 bits per heavy atom. The van der Waals surface area contributed by atoms with Crippen LogP contribution in [0.25, 0.3) is 0 Å². The lowest BCUT2D eigenvalue weighted by molar-refractivity contribution is -0.120. The fourth-order valence-electron chi connectivity index (χ4n) is 3.21. The molecule has 3 heterocycles. The van der Waals surface area contributed by atoms with Gasteiger partial charge in [-0.05, 0) is 25.3 Å². The summed E-state index contributed by atoms with van der Waals surface area (Å²) in [4.78, 5) is 18.5. The van der Waals surface area contributed by atoms with Crippen molar-refractivity contribution in [1.29, 1.82) is 0 Å². The van der Waals surface area contributed by atoms with Gasteiger partial charge in [0, 0.05) is 32.4 Å². The van der Waals surface area contributed by atoms with Crippen LogP contribution in [0, 0.1) is 5.92 Å². The number of nitrogens with zero attached hydrogens (tertiary/aromatic N) is 2. The number of anilines is 2. The van der Waals surface area contributed by atoms with Crippen LogP contribution >= 0.6 is 0 Å². The second kappa shape index (κ2) is 4.81. The summed E-state index contributed by atoms with van der Waals surface area (Å²) >= 11 is 0. The average molecular weight is 260 g/mol. The molecule has 3 unspecified atom stereocenters. The lowest BCUT2D eigenvalue weighted by atomic mass is 9.88. The molecule has 5 heteroatoms. The zero-order valence-corrected chi connectivity index (χ0v) is 11.4. The fraction of sp³-hybridized carbons (Fsp3) is 0.571. The van der Waals surface area contributed by atoms with Crippen LogP contribution in [0.1, 0.15) is 19.3 Å². The summed E-state index contributed by atoms with van der Waals surface area (Å²) in [6, 6.07) is 2.82. The molecule has 0 aromatic carbocycles. The highest BCUT2D eigenvalue weighted by Gasteiger charge is 2.42. The zero-order chi connectivity index (χ0) is 13.4. The Morgan fingerprint density at radius 3 is 2.95 bits per heavy atom. The van der Waals surface area contributed by atoms with E-state index in [0.717, 1.165) is 24.2 Å². The standard InChI is InChI=1S/C14H20N4O/c1-18(2)13-5-6-15-8-12(13)17-14(19)10-7-9-3-4-11(10)16-9/h5-6,8-11,16H,3-4,7H2,1-2H3,(H,17,19). The van der Waals surface area contributed by atoms with Crippen LogP contribution in [-0.2, 0) is 4.79 Å². The van der Waals surface area contributed by atoms with Crippen molar-refractivity contribution >= 4 is 17.3 Å². The summed E-state index contributed by atoms with van der Waals surface area (Å²) in [5.41, 5.74) is 1.78. The van der Waals surface area contributed by atoms with Crippen LogP contribution in [0.2, 0.25) is 0 Å². The van der Waals surface area contributed by atoms with E-state index < -0.39 is 0 Å². The molecule has 3 rings (SSSR count). The Morgan fingerprint density at radius 2 is 2.32 bits per heavy atom. The van der Waals surface area contributed by atoms with Crippen LogP contribution in [0.4, 0.5) is 11.4 Å². The highest BCUT2D eigenvalue weighted by atomic mass is 16.2. The first-order chi connectivity index (χ1) is 9.15. The molecule has 102 valence electrons. The van der Waals surface area contributed by atoms with E-state index in [9.17, 15) is 4.79 Å². The summed E-state index contributed by atoms with van der Waals surface area (Å²) in [6.45, 7) is 0. The minimum Gasteiger partial charge on any atom is -0.376 e. The van der Waals surface area contributed by atoms with Crippen molar-refractivity contribution in [1.82, 2.24) is 10.3 Å². The second-order valence-electron chi connectivity index (χ2n) is 5.67. The Hall–Kier alpha value is -1.62. The molecule has 19 heavy (non-hydrogen) atoms. The molecule has 0 radical (unpaired) electrons. The van der Waals surface area contributed by atoms with Gasteiger partial charge in [0.2, 0.25) is 5.91 Å². The molecule has 0 aliphatic carbocycles. The summed E-state index contributed by atoms with van der Waals surface area (Å²) < 4.78 is 0. The van der Waals surface area contributed by atoms with Crippen LogP contribution in [0.15, 0.2) is 18.5 Å². The minimum atomic E-state index is 0.106. The zero-order valence-electron chi connectivity index (χ0n) is 11.4.